The van der Waals surface area contributed by atoms with Gasteiger partial charge in [-0.1, -0.05) is 49.1 Å². The van der Waals surface area contributed by atoms with Crippen molar-refractivity contribution in [1.82, 2.24) is 0 Å². The molecule has 0 atom stereocenters. The number of benzene rings is 2. The molecule has 0 saturated heterocycles. The van der Waals surface area contributed by atoms with E-state index in [1.54, 1.807) is 0 Å². The minimum atomic E-state index is 1.17. The quantitative estimate of drug-likeness (QED) is 0.676. The molecule has 0 heterocycles. The van der Waals surface area contributed by atoms with Crippen molar-refractivity contribution >= 4 is 6.08 Å². The van der Waals surface area contributed by atoms with E-state index in [0.717, 1.165) is 0 Å². The van der Waals surface area contributed by atoms with Gasteiger partial charge in [0.05, 0.1) is 0 Å². The van der Waals surface area contributed by atoms with Crippen molar-refractivity contribution in [3.63, 3.8) is 0 Å². The van der Waals surface area contributed by atoms with Crippen LogP contribution in [-0.4, -0.2) is 0 Å². The summed E-state index contributed by atoms with van der Waals surface area (Å²) in [6.07, 6.45) is 1.89. The van der Waals surface area contributed by atoms with Crippen molar-refractivity contribution in [3.8, 4) is 11.1 Å². The molecule has 16 heavy (non-hydrogen) atoms. The lowest BCUT2D eigenvalue weighted by atomic mass is 9.95. The van der Waals surface area contributed by atoms with Crippen LogP contribution in [0.4, 0.5) is 0 Å². The first-order valence-corrected chi connectivity index (χ1v) is 5.51. The van der Waals surface area contributed by atoms with Crippen LogP contribution in [0.2, 0.25) is 0 Å². The summed E-state index contributed by atoms with van der Waals surface area (Å²) in [5.74, 6) is 0. The Morgan fingerprint density at radius 2 is 1.56 bits per heavy atom. The topological polar surface area (TPSA) is 0 Å². The molecule has 0 bridgehead atoms. The van der Waals surface area contributed by atoms with Crippen LogP contribution in [0.15, 0.2) is 49.0 Å². The second kappa shape index (κ2) is 4.36. The van der Waals surface area contributed by atoms with Crippen LogP contribution in [0.5, 0.6) is 0 Å². The lowest BCUT2D eigenvalue weighted by Gasteiger charge is -2.10. The first-order valence-electron chi connectivity index (χ1n) is 5.51. The van der Waals surface area contributed by atoms with Gasteiger partial charge in [-0.25, -0.2) is 0 Å². The fourth-order valence-electron chi connectivity index (χ4n) is 2.09. The molecule has 0 amide bonds. The molecule has 0 heteroatoms. The summed E-state index contributed by atoms with van der Waals surface area (Å²) in [5.41, 5.74) is 6.42. The molecular weight excluding hydrogens is 192 g/mol. The molecule has 2 rings (SSSR count). The number of hydrogen-bond donors (Lipinski definition) is 0. The summed E-state index contributed by atoms with van der Waals surface area (Å²) in [4.78, 5) is 0. The third-order valence-corrected chi connectivity index (χ3v) is 2.89. The van der Waals surface area contributed by atoms with Gasteiger partial charge < -0.3 is 0 Å². The van der Waals surface area contributed by atoms with Gasteiger partial charge in [0.2, 0.25) is 0 Å². The second-order valence-electron chi connectivity index (χ2n) is 4.10. The number of aryl methyl sites for hydroxylation is 2. The first-order chi connectivity index (χ1) is 7.72. The zero-order valence-electron chi connectivity index (χ0n) is 9.83. The maximum absolute atomic E-state index is 3.81. The molecule has 0 unspecified atom stereocenters. The predicted molar refractivity (Wildman–Crippen MR) is 71.4 cm³/mol. The Labute approximate surface area is 97.3 Å². The van der Waals surface area contributed by atoms with Gasteiger partial charge in [-0.2, -0.15) is 0 Å². The van der Waals surface area contributed by atoms with Crippen molar-refractivity contribution in [2.75, 3.05) is 0 Å². The Morgan fingerprint density at radius 3 is 2.19 bits per heavy atom. The van der Waals surface area contributed by atoms with Crippen LogP contribution in [-0.2, 0) is 0 Å². The smallest absolute Gasteiger partial charge is 0.0125 e. The first kappa shape index (κ1) is 10.7. The second-order valence-corrected chi connectivity index (χ2v) is 4.10. The molecule has 2 aromatic carbocycles. The minimum absolute atomic E-state index is 1.17. The lowest BCUT2D eigenvalue weighted by molar-refractivity contribution is 1.38. The van der Waals surface area contributed by atoms with E-state index in [1.165, 1.54) is 27.8 Å². The van der Waals surface area contributed by atoms with E-state index in [0.29, 0.717) is 0 Å². The van der Waals surface area contributed by atoms with Crippen molar-refractivity contribution < 1.29 is 0 Å². The molecule has 0 saturated carbocycles. The highest BCUT2D eigenvalue weighted by atomic mass is 14.1. The van der Waals surface area contributed by atoms with E-state index in [1.807, 2.05) is 6.08 Å². The number of hydrogen-bond acceptors (Lipinski definition) is 0. The Morgan fingerprint density at radius 1 is 0.938 bits per heavy atom. The molecule has 0 aliphatic rings. The van der Waals surface area contributed by atoms with Crippen LogP contribution in [0.1, 0.15) is 16.7 Å². The van der Waals surface area contributed by atoms with E-state index in [-0.39, 0.29) is 0 Å². The lowest BCUT2D eigenvalue weighted by Crippen LogP contribution is -1.87. The van der Waals surface area contributed by atoms with Crippen molar-refractivity contribution in [1.29, 1.82) is 0 Å². The van der Waals surface area contributed by atoms with E-state index >= 15 is 0 Å². The normalized spacial score (nSPS) is 10.1. The molecule has 0 nitrogen and oxygen atoms in total. The van der Waals surface area contributed by atoms with Gasteiger partial charge in [0.1, 0.15) is 0 Å². The van der Waals surface area contributed by atoms with Gasteiger partial charge in [0.15, 0.2) is 0 Å². The van der Waals surface area contributed by atoms with Crippen molar-refractivity contribution in [3.05, 3.63) is 65.7 Å². The molecule has 0 aliphatic heterocycles. The summed E-state index contributed by atoms with van der Waals surface area (Å²) in [7, 11) is 0. The molecule has 0 aromatic heterocycles. The van der Waals surface area contributed by atoms with Crippen LogP contribution in [0, 0.1) is 13.8 Å². The highest BCUT2D eigenvalue weighted by Gasteiger charge is 2.04. The zero-order valence-corrected chi connectivity index (χ0v) is 9.83. The highest BCUT2D eigenvalue weighted by molar-refractivity contribution is 5.72. The molecule has 0 aliphatic carbocycles. The van der Waals surface area contributed by atoms with Crippen LogP contribution >= 0.6 is 0 Å². The number of rotatable bonds is 2. The van der Waals surface area contributed by atoms with Gasteiger partial charge in [-0.15, -0.1) is 0 Å². The Kier molecular flexibility index (Phi) is 2.91. The Bertz CT molecular complexity index is 501. The van der Waals surface area contributed by atoms with Gasteiger partial charge >= 0.3 is 0 Å². The van der Waals surface area contributed by atoms with E-state index < -0.39 is 0 Å². The average molecular weight is 208 g/mol. The summed E-state index contributed by atoms with van der Waals surface area (Å²) >= 11 is 0. The maximum atomic E-state index is 3.81. The molecule has 0 N–H and O–H groups in total. The molecule has 0 radical (unpaired) electrons. The maximum Gasteiger partial charge on any atom is -0.0125 e. The predicted octanol–water partition coefficient (Wildman–Crippen LogP) is 4.61. The summed E-state index contributed by atoms with van der Waals surface area (Å²) in [6, 6.07) is 14.9. The van der Waals surface area contributed by atoms with Crippen LogP contribution < -0.4 is 0 Å². The Hall–Kier alpha value is -1.82. The average Bonchev–Trinajstić information content (AvgIpc) is 2.29. The molecule has 0 spiro atoms. The van der Waals surface area contributed by atoms with Gasteiger partial charge in [0, 0.05) is 0 Å². The van der Waals surface area contributed by atoms with Crippen LogP contribution in [0.3, 0.4) is 0 Å². The van der Waals surface area contributed by atoms with Crippen molar-refractivity contribution in [2.45, 2.75) is 13.8 Å². The van der Waals surface area contributed by atoms with Crippen LogP contribution in [0.25, 0.3) is 17.2 Å². The largest absolute Gasteiger partial charge is 0.0985 e. The molecular formula is C16H16. The van der Waals surface area contributed by atoms with Gasteiger partial charge in [-0.3, -0.25) is 0 Å². The highest BCUT2D eigenvalue weighted by Crippen LogP contribution is 2.27. The standard InChI is InChI=1S/C16H16/c1-4-14-9-6-10-15(11-14)16-12(2)7-5-8-13(16)3/h4-11H,1H2,2-3H3. The van der Waals surface area contributed by atoms with E-state index in [9.17, 15) is 0 Å². The monoisotopic (exact) mass is 208 g/mol. The molecule has 2 aromatic rings. The zero-order chi connectivity index (χ0) is 11.5. The minimum Gasteiger partial charge on any atom is -0.0985 e. The molecule has 0 fully saturated rings. The van der Waals surface area contributed by atoms with Gasteiger partial charge in [-0.05, 0) is 47.7 Å². The third-order valence-electron chi connectivity index (χ3n) is 2.89. The van der Waals surface area contributed by atoms with E-state index in [2.05, 4.69) is 62.9 Å². The molecule has 80 valence electrons. The van der Waals surface area contributed by atoms with Crippen molar-refractivity contribution in [2.24, 2.45) is 0 Å². The summed E-state index contributed by atoms with van der Waals surface area (Å²) in [5, 5.41) is 0. The third kappa shape index (κ3) is 1.92. The SMILES string of the molecule is C=Cc1cccc(-c2c(C)cccc2C)c1. The van der Waals surface area contributed by atoms with E-state index in [4.69, 9.17) is 0 Å². The fourth-order valence-corrected chi connectivity index (χ4v) is 2.09. The fraction of sp³-hybridized carbons (Fsp3) is 0.125. The Balaban J connectivity index is 2.62. The van der Waals surface area contributed by atoms with Gasteiger partial charge in [0.25, 0.3) is 0 Å². The summed E-state index contributed by atoms with van der Waals surface area (Å²) < 4.78 is 0. The summed E-state index contributed by atoms with van der Waals surface area (Å²) in [6.45, 7) is 8.12.